The highest BCUT2D eigenvalue weighted by molar-refractivity contribution is 7.49. The second-order valence-corrected chi connectivity index (χ2v) is 10.7. The number of anilines is 3. The molecule has 3 heterocycles. The fourth-order valence-corrected chi connectivity index (χ4v) is 5.63. The number of carbonyl (C=O) groups is 6. The van der Waals surface area contributed by atoms with Crippen LogP contribution in [-0.4, -0.2) is 35.4 Å². The van der Waals surface area contributed by atoms with Crippen molar-refractivity contribution >= 4 is 60.3 Å². The van der Waals surface area contributed by atoms with Crippen molar-refractivity contribution in [3.05, 3.63) is 109 Å². The number of phosphoric acid groups is 1. The Bertz CT molecular complexity index is 1610. The van der Waals surface area contributed by atoms with Gasteiger partial charge < -0.3 is 13.6 Å². The van der Waals surface area contributed by atoms with Gasteiger partial charge in [0.15, 0.2) is 0 Å². The Balaban J connectivity index is 1.25. The minimum absolute atomic E-state index is 0.00366. The maximum absolute atomic E-state index is 14.0. The highest BCUT2D eigenvalue weighted by Gasteiger charge is 2.35. The summed E-state index contributed by atoms with van der Waals surface area (Å²) in [5.41, 5.74) is 0.753. The van der Waals surface area contributed by atoms with E-state index in [-0.39, 0.29) is 34.3 Å². The van der Waals surface area contributed by atoms with Gasteiger partial charge in [0.05, 0.1) is 17.1 Å². The topological polar surface area (TPSA) is 157 Å². The molecule has 6 amide bonds. The van der Waals surface area contributed by atoms with Crippen molar-refractivity contribution < 1.29 is 46.9 Å². The zero-order chi connectivity index (χ0) is 31.0. The number of imide groups is 3. The normalized spacial score (nSPS) is 16.1. The second kappa shape index (κ2) is 11.0. The van der Waals surface area contributed by atoms with E-state index < -0.39 is 43.3 Å². The highest BCUT2D eigenvalue weighted by atomic mass is 31.2. The summed E-state index contributed by atoms with van der Waals surface area (Å²) in [6.45, 7) is 0. The first-order valence-corrected chi connectivity index (χ1v) is 14.2. The molecule has 0 fully saturated rings. The molecule has 0 aliphatic carbocycles. The molecule has 0 radical (unpaired) electrons. The van der Waals surface area contributed by atoms with E-state index in [4.69, 9.17) is 13.6 Å². The van der Waals surface area contributed by atoms with Crippen LogP contribution in [0.25, 0.3) is 0 Å². The maximum atomic E-state index is 14.0. The van der Waals surface area contributed by atoms with E-state index in [2.05, 4.69) is 0 Å². The molecule has 0 atom stereocenters. The molecular weight excluding hydrogens is 593 g/mol. The first-order valence-electron chi connectivity index (χ1n) is 12.8. The summed E-state index contributed by atoms with van der Waals surface area (Å²) < 4.78 is 31.0. The zero-order valence-corrected chi connectivity index (χ0v) is 23.2. The van der Waals surface area contributed by atoms with Crippen molar-refractivity contribution in [1.29, 1.82) is 0 Å². The van der Waals surface area contributed by atoms with Crippen molar-refractivity contribution in [2.24, 2.45) is 0 Å². The van der Waals surface area contributed by atoms with Gasteiger partial charge in [-0.25, -0.2) is 14.7 Å². The molecule has 14 heteroatoms. The van der Waals surface area contributed by atoms with E-state index >= 15 is 0 Å². The fourth-order valence-electron chi connectivity index (χ4n) is 4.38. The van der Waals surface area contributed by atoms with Crippen LogP contribution >= 0.6 is 7.82 Å². The standard InChI is InChI=1S/C30H18N3O10P/c34-25-13-14-26(35)31(25)19-1-7-22(8-2-19)41-44(40,42-23-9-3-20(4-10-23)32-27(36)15-16-28(32)37)43-24-11-5-21(6-12-24)33-29(38)17-18-30(33)39/h1-18H. The van der Waals surface area contributed by atoms with E-state index in [0.717, 1.165) is 51.2 Å². The molecule has 0 spiro atoms. The third-order valence-electron chi connectivity index (χ3n) is 6.36. The summed E-state index contributed by atoms with van der Waals surface area (Å²) in [5.74, 6) is -3.13. The smallest absolute Gasteiger partial charge is 0.386 e. The molecule has 0 unspecified atom stereocenters. The van der Waals surface area contributed by atoms with E-state index in [0.29, 0.717) is 0 Å². The number of phosphoric ester groups is 1. The van der Waals surface area contributed by atoms with Gasteiger partial charge in [-0.1, -0.05) is 0 Å². The van der Waals surface area contributed by atoms with Gasteiger partial charge in [0.1, 0.15) is 17.2 Å². The van der Waals surface area contributed by atoms with E-state index in [1.54, 1.807) is 0 Å². The Labute approximate surface area is 248 Å². The Morgan fingerprint density at radius 2 is 0.568 bits per heavy atom. The number of benzene rings is 3. The third kappa shape index (κ3) is 5.42. The number of nitrogens with zero attached hydrogens (tertiary/aromatic N) is 3. The van der Waals surface area contributed by atoms with Gasteiger partial charge >= 0.3 is 7.82 Å². The van der Waals surface area contributed by atoms with Crippen LogP contribution in [0.15, 0.2) is 109 Å². The average Bonchev–Trinajstić information content (AvgIpc) is 3.64. The molecule has 13 nitrogen and oxygen atoms in total. The van der Waals surface area contributed by atoms with Crippen molar-refractivity contribution in [3.63, 3.8) is 0 Å². The maximum Gasteiger partial charge on any atom is 0.647 e. The third-order valence-corrected chi connectivity index (χ3v) is 7.67. The van der Waals surface area contributed by atoms with E-state index in [9.17, 15) is 33.3 Å². The molecule has 6 rings (SSSR count). The van der Waals surface area contributed by atoms with Crippen LogP contribution in [0.2, 0.25) is 0 Å². The summed E-state index contributed by atoms with van der Waals surface area (Å²) in [5, 5.41) is 0. The quantitative estimate of drug-likeness (QED) is 0.259. The predicted molar refractivity (Wildman–Crippen MR) is 154 cm³/mol. The van der Waals surface area contributed by atoms with Crippen LogP contribution in [0, 0.1) is 0 Å². The molecule has 3 aliphatic rings. The highest BCUT2D eigenvalue weighted by Crippen LogP contribution is 2.50. The molecule has 0 N–H and O–H groups in total. The molecule has 0 aromatic heterocycles. The van der Waals surface area contributed by atoms with Gasteiger partial charge in [-0.15, -0.1) is 0 Å². The Kier molecular flexibility index (Phi) is 7.00. The molecule has 0 saturated carbocycles. The second-order valence-electron chi connectivity index (χ2n) is 9.24. The molecule has 0 saturated heterocycles. The largest absolute Gasteiger partial charge is 0.647 e. The lowest BCUT2D eigenvalue weighted by atomic mass is 10.3. The number of hydrogen-bond acceptors (Lipinski definition) is 10. The SMILES string of the molecule is O=C1C=CC(=O)N1c1ccc(OP(=O)(Oc2ccc(N3C(=O)C=CC3=O)cc2)Oc2ccc(N3C(=O)C=CC3=O)cc2)cc1. The predicted octanol–water partition coefficient (Wildman–Crippen LogP) is 3.62. The molecular formula is C30H18N3O10P. The lowest BCUT2D eigenvalue weighted by molar-refractivity contribution is -0.121. The Morgan fingerprint density at radius 3 is 0.773 bits per heavy atom. The van der Waals surface area contributed by atoms with E-state index in [1.807, 2.05) is 0 Å². The summed E-state index contributed by atoms with van der Waals surface area (Å²) >= 11 is 0. The van der Waals surface area contributed by atoms with Crippen LogP contribution in [0.3, 0.4) is 0 Å². The van der Waals surface area contributed by atoms with Crippen LogP contribution in [0.5, 0.6) is 17.2 Å². The van der Waals surface area contributed by atoms with Gasteiger partial charge in [0, 0.05) is 36.5 Å². The minimum Gasteiger partial charge on any atom is -0.386 e. The molecule has 218 valence electrons. The minimum atomic E-state index is -4.56. The Hall–Kier alpha value is -6.07. The van der Waals surface area contributed by atoms with Crippen LogP contribution in [-0.2, 0) is 33.3 Å². The summed E-state index contributed by atoms with van der Waals surface area (Å²) in [6.07, 6.45) is 6.82. The molecule has 3 aromatic carbocycles. The van der Waals surface area contributed by atoms with Gasteiger partial charge in [0.2, 0.25) is 0 Å². The average molecular weight is 611 g/mol. The zero-order valence-electron chi connectivity index (χ0n) is 22.3. The molecule has 3 aliphatic heterocycles. The monoisotopic (exact) mass is 611 g/mol. The number of hydrogen-bond donors (Lipinski definition) is 0. The molecule has 44 heavy (non-hydrogen) atoms. The van der Waals surface area contributed by atoms with Crippen molar-refractivity contribution in [3.8, 4) is 17.2 Å². The summed E-state index contributed by atoms with van der Waals surface area (Å²) in [6, 6.07) is 16.6. The van der Waals surface area contributed by atoms with Crippen molar-refractivity contribution in [2.45, 2.75) is 0 Å². The lowest BCUT2D eigenvalue weighted by Gasteiger charge is -2.21. The van der Waals surface area contributed by atoms with Gasteiger partial charge in [-0.3, -0.25) is 28.8 Å². The van der Waals surface area contributed by atoms with Crippen molar-refractivity contribution in [1.82, 2.24) is 0 Å². The van der Waals surface area contributed by atoms with Crippen molar-refractivity contribution in [2.75, 3.05) is 14.7 Å². The van der Waals surface area contributed by atoms with Crippen LogP contribution < -0.4 is 28.3 Å². The Morgan fingerprint density at radius 1 is 0.364 bits per heavy atom. The molecule has 3 aromatic rings. The summed E-state index contributed by atoms with van der Waals surface area (Å²) in [4.78, 5) is 74.9. The van der Waals surface area contributed by atoms with Crippen LogP contribution in [0.1, 0.15) is 0 Å². The molecule has 0 bridgehead atoms. The number of amides is 6. The summed E-state index contributed by atoms with van der Waals surface area (Å²) in [7, 11) is -4.56. The first kappa shape index (κ1) is 28.1. The van der Waals surface area contributed by atoms with Gasteiger partial charge in [-0.2, -0.15) is 4.57 Å². The van der Waals surface area contributed by atoms with Crippen LogP contribution in [0.4, 0.5) is 17.1 Å². The fraction of sp³-hybridized carbons (Fsp3) is 0. The van der Waals surface area contributed by atoms with Gasteiger partial charge in [-0.05, 0) is 72.8 Å². The first-order chi connectivity index (χ1) is 21.1. The number of rotatable bonds is 9. The van der Waals surface area contributed by atoms with E-state index in [1.165, 1.54) is 72.8 Å². The number of carbonyl (C=O) groups excluding carboxylic acids is 6. The lowest BCUT2D eigenvalue weighted by Crippen LogP contribution is -2.29. The van der Waals surface area contributed by atoms with Gasteiger partial charge in [0.25, 0.3) is 35.4 Å².